The van der Waals surface area contributed by atoms with Crippen LogP contribution in [0, 0.1) is 0 Å². The molecule has 0 aliphatic heterocycles. The van der Waals surface area contributed by atoms with Crippen molar-refractivity contribution in [3.63, 3.8) is 0 Å². The highest BCUT2D eigenvalue weighted by molar-refractivity contribution is 6.11. The lowest BCUT2D eigenvalue weighted by Gasteiger charge is -2.22. The molecule has 0 amide bonds. The molecule has 0 radical (unpaired) electrons. The Morgan fingerprint density at radius 3 is 1.01 bits per heavy atom. The second-order valence-corrected chi connectivity index (χ2v) is 20.8. The molecular weight excluding hydrogens is 869 g/mol. The zero-order valence-corrected chi connectivity index (χ0v) is 40.8. The molecule has 0 atom stereocenters. The van der Waals surface area contributed by atoms with E-state index in [0.717, 1.165) is 55.8 Å². The number of fused-ring (bicyclic) bond motifs is 9. The molecule has 0 fully saturated rings. The maximum absolute atomic E-state index is 5.86. The van der Waals surface area contributed by atoms with Gasteiger partial charge in [-0.2, -0.15) is 0 Å². The number of hydrogen-bond acceptors (Lipinski definition) is 2. The van der Waals surface area contributed by atoms with Crippen LogP contribution in [0.25, 0.3) is 122 Å². The molecule has 14 rings (SSSR count). The maximum Gasteiger partial charge on any atom is 0.0979 e. The van der Waals surface area contributed by atoms with Crippen LogP contribution in [0.5, 0.6) is 0 Å². The van der Waals surface area contributed by atoms with Crippen molar-refractivity contribution in [3.8, 4) is 89.3 Å². The van der Waals surface area contributed by atoms with Gasteiger partial charge in [0.1, 0.15) is 0 Å². The van der Waals surface area contributed by atoms with Crippen LogP contribution >= 0.6 is 0 Å². The van der Waals surface area contributed by atoms with E-state index in [1.54, 1.807) is 0 Å². The SMILES string of the molecule is CC1(C)c2ccccc2-c2ccc(-c3ccc(-c4nc5c(-c6cccc7ccccc67)ccc(-c6cccc7ccccc67)c5nc4-c4ccc(-c5ccc6c(c5)C(C)(C)c5ccccc5-6)cc4)cc3)cc21. The van der Waals surface area contributed by atoms with Gasteiger partial charge in [-0.1, -0.05) is 246 Å². The predicted molar refractivity (Wildman–Crippen MR) is 302 cm³/mol. The third kappa shape index (κ3) is 6.42. The Hall–Kier alpha value is -8.72. The van der Waals surface area contributed by atoms with E-state index < -0.39 is 0 Å². The van der Waals surface area contributed by atoms with Crippen molar-refractivity contribution in [1.82, 2.24) is 9.97 Å². The van der Waals surface area contributed by atoms with Crippen LogP contribution in [0.3, 0.4) is 0 Å². The molecule has 0 saturated carbocycles. The van der Waals surface area contributed by atoms with Crippen LogP contribution in [0.2, 0.25) is 0 Å². The van der Waals surface area contributed by atoms with E-state index in [2.05, 4.69) is 258 Å². The second kappa shape index (κ2) is 15.9. The van der Waals surface area contributed by atoms with E-state index in [1.807, 2.05) is 0 Å². The molecule has 0 saturated heterocycles. The summed E-state index contributed by atoms with van der Waals surface area (Å²) in [7, 11) is 0. The largest absolute Gasteiger partial charge is 0.243 e. The summed E-state index contributed by atoms with van der Waals surface area (Å²) >= 11 is 0. The van der Waals surface area contributed by atoms with Crippen molar-refractivity contribution in [1.29, 1.82) is 0 Å². The van der Waals surface area contributed by atoms with E-state index >= 15 is 0 Å². The first-order valence-electron chi connectivity index (χ1n) is 25.2. The fourth-order valence-electron chi connectivity index (χ4n) is 12.3. The van der Waals surface area contributed by atoms with Crippen molar-refractivity contribution in [2.24, 2.45) is 0 Å². The Kier molecular flexibility index (Phi) is 9.32. The molecule has 72 heavy (non-hydrogen) atoms. The van der Waals surface area contributed by atoms with E-state index in [4.69, 9.17) is 9.97 Å². The highest BCUT2D eigenvalue weighted by atomic mass is 14.8. The molecule has 0 N–H and O–H groups in total. The highest BCUT2D eigenvalue weighted by Crippen LogP contribution is 2.51. The summed E-state index contributed by atoms with van der Waals surface area (Å²) < 4.78 is 0. The third-order valence-electron chi connectivity index (χ3n) is 16.1. The van der Waals surface area contributed by atoms with Gasteiger partial charge < -0.3 is 0 Å². The van der Waals surface area contributed by atoms with Crippen LogP contribution in [-0.4, -0.2) is 9.97 Å². The van der Waals surface area contributed by atoms with Crippen molar-refractivity contribution in [2.75, 3.05) is 0 Å². The molecule has 1 heterocycles. The quantitative estimate of drug-likeness (QED) is 0.166. The number of rotatable bonds is 6. The molecule has 2 aliphatic rings. The van der Waals surface area contributed by atoms with E-state index in [-0.39, 0.29) is 10.8 Å². The molecule has 0 unspecified atom stereocenters. The van der Waals surface area contributed by atoms with Gasteiger partial charge in [0, 0.05) is 33.1 Å². The molecule has 2 heteroatoms. The molecular formula is C70H50N2. The maximum atomic E-state index is 5.86. The van der Waals surface area contributed by atoms with E-state index in [1.165, 1.54) is 88.3 Å². The molecule has 2 aliphatic carbocycles. The lowest BCUT2D eigenvalue weighted by molar-refractivity contribution is 0.660. The Bertz CT molecular complexity index is 3910. The van der Waals surface area contributed by atoms with Gasteiger partial charge in [0.25, 0.3) is 0 Å². The first-order chi connectivity index (χ1) is 35.2. The van der Waals surface area contributed by atoms with Crippen molar-refractivity contribution >= 4 is 32.6 Å². The number of aromatic nitrogens is 2. The van der Waals surface area contributed by atoms with Crippen molar-refractivity contribution in [2.45, 2.75) is 38.5 Å². The van der Waals surface area contributed by atoms with Crippen LogP contribution in [0.1, 0.15) is 49.9 Å². The molecule has 11 aromatic carbocycles. The average molecular weight is 919 g/mol. The molecule has 0 spiro atoms. The summed E-state index contributed by atoms with van der Waals surface area (Å²) in [5.74, 6) is 0. The summed E-state index contributed by atoms with van der Waals surface area (Å²) in [6.45, 7) is 9.39. The summed E-state index contributed by atoms with van der Waals surface area (Å²) in [5.41, 5.74) is 25.3. The lowest BCUT2D eigenvalue weighted by Crippen LogP contribution is -2.14. The second-order valence-electron chi connectivity index (χ2n) is 20.8. The van der Waals surface area contributed by atoms with Crippen molar-refractivity contribution in [3.05, 3.63) is 253 Å². The zero-order valence-electron chi connectivity index (χ0n) is 40.8. The summed E-state index contributed by atoms with van der Waals surface area (Å²) in [6, 6.07) is 84.7. The van der Waals surface area contributed by atoms with Crippen LogP contribution in [0.15, 0.2) is 231 Å². The van der Waals surface area contributed by atoms with Gasteiger partial charge in [0.2, 0.25) is 0 Å². The van der Waals surface area contributed by atoms with Gasteiger partial charge in [-0.05, 0) is 112 Å². The Labute approximate surface area is 421 Å². The Morgan fingerprint density at radius 2 is 0.569 bits per heavy atom. The number of nitrogens with zero attached hydrogens (tertiary/aromatic N) is 2. The Morgan fingerprint density at radius 1 is 0.250 bits per heavy atom. The number of hydrogen-bond donors (Lipinski definition) is 0. The van der Waals surface area contributed by atoms with Gasteiger partial charge in [0.05, 0.1) is 22.4 Å². The standard InChI is InChI=1S/C70H50N2/c1-69(2)61-25-11-9-21-55(61)57-37-35-49(41-63(57)69)43-27-31-47(32-28-43)65-66(48-33-29-44(30-34-48)50-36-38-58-56-22-10-12-26-62(56)70(3,4)64(58)42-50)72-68-60(54-24-14-18-46-16-6-8-20-52(46)54)40-39-59(67(68)71-65)53-23-13-17-45-15-5-7-19-51(45)53/h5-42H,1-4H3. The smallest absolute Gasteiger partial charge is 0.0979 e. The number of benzene rings is 11. The molecule has 12 aromatic rings. The van der Waals surface area contributed by atoms with Crippen LogP contribution in [-0.2, 0) is 10.8 Å². The van der Waals surface area contributed by atoms with Gasteiger partial charge in [-0.3, -0.25) is 0 Å². The first kappa shape index (κ1) is 42.2. The monoisotopic (exact) mass is 918 g/mol. The van der Waals surface area contributed by atoms with Gasteiger partial charge in [-0.25, -0.2) is 9.97 Å². The molecule has 0 bridgehead atoms. The predicted octanol–water partition coefficient (Wildman–Crippen LogP) is 18.6. The van der Waals surface area contributed by atoms with E-state index in [0.29, 0.717) is 0 Å². The van der Waals surface area contributed by atoms with Gasteiger partial charge in [0.15, 0.2) is 0 Å². The van der Waals surface area contributed by atoms with E-state index in [9.17, 15) is 0 Å². The molecule has 2 nitrogen and oxygen atoms in total. The fourth-order valence-corrected chi connectivity index (χ4v) is 12.3. The zero-order chi connectivity index (χ0) is 48.3. The van der Waals surface area contributed by atoms with Gasteiger partial charge in [-0.15, -0.1) is 0 Å². The normalized spacial score (nSPS) is 13.8. The van der Waals surface area contributed by atoms with Crippen LogP contribution < -0.4 is 0 Å². The first-order valence-corrected chi connectivity index (χ1v) is 25.2. The summed E-state index contributed by atoms with van der Waals surface area (Å²) in [5, 5.41) is 4.76. The third-order valence-corrected chi connectivity index (χ3v) is 16.1. The topological polar surface area (TPSA) is 25.8 Å². The minimum atomic E-state index is -0.0807. The van der Waals surface area contributed by atoms with Crippen LogP contribution in [0.4, 0.5) is 0 Å². The highest BCUT2D eigenvalue weighted by Gasteiger charge is 2.36. The lowest BCUT2D eigenvalue weighted by atomic mass is 9.81. The molecule has 1 aromatic heterocycles. The average Bonchev–Trinajstić information content (AvgIpc) is 3.81. The minimum Gasteiger partial charge on any atom is -0.243 e. The molecule has 340 valence electrons. The minimum absolute atomic E-state index is 0.0807. The summed E-state index contributed by atoms with van der Waals surface area (Å²) in [6.07, 6.45) is 0. The Balaban J connectivity index is 0.961. The fraction of sp³-hybridized carbons (Fsp3) is 0.0857. The van der Waals surface area contributed by atoms with Gasteiger partial charge >= 0.3 is 0 Å². The van der Waals surface area contributed by atoms with Crippen molar-refractivity contribution < 1.29 is 0 Å². The summed E-state index contributed by atoms with van der Waals surface area (Å²) in [4.78, 5) is 11.7.